The molecular formula is C11H23NO2. The summed E-state index contributed by atoms with van der Waals surface area (Å²) in [6.45, 7) is 10.1. The molecule has 84 valence electrons. The minimum Gasteiger partial charge on any atom is -0.374 e. The van der Waals surface area contributed by atoms with Crippen LogP contribution in [0.4, 0.5) is 0 Å². The highest BCUT2D eigenvalue weighted by Gasteiger charge is 2.04. The molecule has 0 unspecified atom stereocenters. The van der Waals surface area contributed by atoms with Crippen LogP contribution in [0.3, 0.4) is 0 Å². The minimum absolute atomic E-state index is 0.213. The monoisotopic (exact) mass is 201 g/mol. The molecule has 0 amide bonds. The van der Waals surface area contributed by atoms with Crippen LogP contribution in [0, 0.1) is 0 Å². The van der Waals surface area contributed by atoms with Crippen molar-refractivity contribution in [2.45, 2.75) is 33.6 Å². The van der Waals surface area contributed by atoms with Gasteiger partial charge in [0.1, 0.15) is 6.61 Å². The van der Waals surface area contributed by atoms with Gasteiger partial charge in [-0.2, -0.15) is 0 Å². The fourth-order valence-electron chi connectivity index (χ4n) is 1.23. The van der Waals surface area contributed by atoms with Crippen molar-refractivity contribution < 1.29 is 9.53 Å². The van der Waals surface area contributed by atoms with E-state index in [1.807, 2.05) is 6.92 Å². The van der Waals surface area contributed by atoms with Crippen LogP contribution in [0.25, 0.3) is 0 Å². The van der Waals surface area contributed by atoms with Crippen molar-refractivity contribution in [2.24, 2.45) is 0 Å². The molecule has 0 radical (unpaired) electrons. The Morgan fingerprint density at radius 2 is 1.86 bits per heavy atom. The maximum Gasteiger partial charge on any atom is 0.159 e. The smallest absolute Gasteiger partial charge is 0.159 e. The number of ketones is 1. The molecule has 0 aliphatic carbocycles. The Kier molecular flexibility index (Phi) is 8.89. The van der Waals surface area contributed by atoms with Crippen molar-refractivity contribution in [1.29, 1.82) is 0 Å². The normalized spacial score (nSPS) is 10.9. The Bertz CT molecular complexity index is 144. The van der Waals surface area contributed by atoms with Crippen LogP contribution in [-0.4, -0.2) is 43.5 Å². The van der Waals surface area contributed by atoms with Crippen molar-refractivity contribution in [2.75, 3.05) is 32.8 Å². The summed E-state index contributed by atoms with van der Waals surface area (Å²) in [5.74, 6) is 0.213. The Balaban J connectivity index is 3.42. The van der Waals surface area contributed by atoms with Crippen molar-refractivity contribution in [3.8, 4) is 0 Å². The molecule has 0 aliphatic heterocycles. The first-order valence-corrected chi connectivity index (χ1v) is 5.56. The van der Waals surface area contributed by atoms with Crippen LogP contribution < -0.4 is 0 Å². The highest BCUT2D eigenvalue weighted by atomic mass is 16.5. The lowest BCUT2D eigenvalue weighted by atomic mass is 10.3. The fraction of sp³-hybridized carbons (Fsp3) is 0.909. The number of carbonyl (C=O) groups is 1. The summed E-state index contributed by atoms with van der Waals surface area (Å²) in [4.78, 5) is 13.6. The maximum absolute atomic E-state index is 11.3. The van der Waals surface area contributed by atoms with Gasteiger partial charge in [-0.05, 0) is 19.5 Å². The lowest BCUT2D eigenvalue weighted by Gasteiger charge is -2.16. The molecule has 3 heteroatoms. The lowest BCUT2D eigenvalue weighted by Crippen LogP contribution is -2.26. The molecule has 0 N–H and O–H groups in total. The molecule has 3 nitrogen and oxygen atoms in total. The topological polar surface area (TPSA) is 29.5 Å². The van der Waals surface area contributed by atoms with Crippen LogP contribution in [-0.2, 0) is 9.53 Å². The summed E-state index contributed by atoms with van der Waals surface area (Å²) in [5, 5.41) is 0. The number of Topliss-reactive ketones (excluding diaryl/α,β-unsaturated/α-hetero) is 1. The second-order valence-electron chi connectivity index (χ2n) is 3.37. The third-order valence-electron chi connectivity index (χ3n) is 2.21. The standard InChI is InChI=1S/C11H23NO2/c1-4-9-14-10-11(13)7-8-12(5-2)6-3/h4-10H2,1-3H3. The van der Waals surface area contributed by atoms with E-state index in [1.54, 1.807) is 0 Å². The summed E-state index contributed by atoms with van der Waals surface area (Å²) in [7, 11) is 0. The Morgan fingerprint density at radius 1 is 1.21 bits per heavy atom. The Morgan fingerprint density at radius 3 is 2.36 bits per heavy atom. The molecule has 0 aromatic rings. The molecule has 0 rings (SSSR count). The second kappa shape index (κ2) is 9.16. The van der Waals surface area contributed by atoms with Gasteiger partial charge in [0.05, 0.1) is 0 Å². The molecule has 0 atom stereocenters. The van der Waals surface area contributed by atoms with Crippen LogP contribution in [0.1, 0.15) is 33.6 Å². The minimum atomic E-state index is 0.213. The molecular weight excluding hydrogens is 178 g/mol. The first kappa shape index (κ1) is 13.6. The lowest BCUT2D eigenvalue weighted by molar-refractivity contribution is -0.123. The van der Waals surface area contributed by atoms with E-state index >= 15 is 0 Å². The van der Waals surface area contributed by atoms with E-state index in [1.165, 1.54) is 0 Å². The third kappa shape index (κ3) is 7.04. The third-order valence-corrected chi connectivity index (χ3v) is 2.21. The predicted octanol–water partition coefficient (Wildman–Crippen LogP) is 1.71. The van der Waals surface area contributed by atoms with Gasteiger partial charge in [-0.3, -0.25) is 4.79 Å². The van der Waals surface area contributed by atoms with Crippen LogP contribution in [0.15, 0.2) is 0 Å². The van der Waals surface area contributed by atoms with E-state index < -0.39 is 0 Å². The molecule has 0 bridgehead atoms. The average Bonchev–Trinajstić information content (AvgIpc) is 2.20. The molecule has 0 heterocycles. The van der Waals surface area contributed by atoms with Crippen LogP contribution in [0.5, 0.6) is 0 Å². The number of ether oxygens (including phenoxy) is 1. The van der Waals surface area contributed by atoms with E-state index in [4.69, 9.17) is 4.74 Å². The number of rotatable bonds is 9. The van der Waals surface area contributed by atoms with Gasteiger partial charge in [-0.15, -0.1) is 0 Å². The number of carbonyl (C=O) groups excluding carboxylic acids is 1. The molecule has 0 saturated heterocycles. The van der Waals surface area contributed by atoms with Crippen molar-refractivity contribution >= 4 is 5.78 Å². The van der Waals surface area contributed by atoms with Crippen molar-refractivity contribution in [1.82, 2.24) is 4.90 Å². The molecule has 0 aromatic carbocycles. The molecule has 0 saturated carbocycles. The van der Waals surface area contributed by atoms with Gasteiger partial charge in [0.15, 0.2) is 5.78 Å². The fourth-order valence-corrected chi connectivity index (χ4v) is 1.23. The number of hydrogen-bond donors (Lipinski definition) is 0. The van der Waals surface area contributed by atoms with Gasteiger partial charge in [-0.1, -0.05) is 20.8 Å². The van der Waals surface area contributed by atoms with E-state index in [-0.39, 0.29) is 12.4 Å². The first-order valence-electron chi connectivity index (χ1n) is 5.56. The predicted molar refractivity (Wildman–Crippen MR) is 58.5 cm³/mol. The summed E-state index contributed by atoms with van der Waals surface area (Å²) in [5.41, 5.74) is 0. The van der Waals surface area contributed by atoms with Gasteiger partial charge in [-0.25, -0.2) is 0 Å². The molecule has 0 spiro atoms. The van der Waals surface area contributed by atoms with Gasteiger partial charge >= 0.3 is 0 Å². The summed E-state index contributed by atoms with van der Waals surface area (Å²) in [6.07, 6.45) is 1.59. The summed E-state index contributed by atoms with van der Waals surface area (Å²) < 4.78 is 5.18. The Labute approximate surface area is 87.4 Å². The van der Waals surface area contributed by atoms with E-state index in [0.717, 1.165) is 26.1 Å². The molecule has 0 aliphatic rings. The summed E-state index contributed by atoms with van der Waals surface area (Å²) >= 11 is 0. The van der Waals surface area contributed by atoms with E-state index in [9.17, 15) is 4.79 Å². The van der Waals surface area contributed by atoms with Gasteiger partial charge in [0.2, 0.25) is 0 Å². The van der Waals surface area contributed by atoms with E-state index in [0.29, 0.717) is 13.0 Å². The van der Waals surface area contributed by atoms with Gasteiger partial charge < -0.3 is 9.64 Å². The van der Waals surface area contributed by atoms with Crippen LogP contribution >= 0.6 is 0 Å². The summed E-state index contributed by atoms with van der Waals surface area (Å²) in [6, 6.07) is 0. The van der Waals surface area contributed by atoms with Gasteiger partial charge in [0.25, 0.3) is 0 Å². The van der Waals surface area contributed by atoms with Gasteiger partial charge in [0, 0.05) is 19.6 Å². The Hall–Kier alpha value is -0.410. The van der Waals surface area contributed by atoms with Crippen LogP contribution in [0.2, 0.25) is 0 Å². The number of hydrogen-bond acceptors (Lipinski definition) is 3. The molecule has 0 fully saturated rings. The zero-order valence-corrected chi connectivity index (χ0v) is 9.71. The largest absolute Gasteiger partial charge is 0.374 e. The zero-order valence-electron chi connectivity index (χ0n) is 9.71. The second-order valence-corrected chi connectivity index (χ2v) is 3.37. The maximum atomic E-state index is 11.3. The number of nitrogens with zero attached hydrogens (tertiary/aromatic N) is 1. The molecule has 14 heavy (non-hydrogen) atoms. The first-order chi connectivity index (χ1) is 6.74. The van der Waals surface area contributed by atoms with Crippen molar-refractivity contribution in [3.63, 3.8) is 0 Å². The zero-order chi connectivity index (χ0) is 10.8. The van der Waals surface area contributed by atoms with E-state index in [2.05, 4.69) is 18.7 Å². The average molecular weight is 201 g/mol. The highest BCUT2D eigenvalue weighted by Crippen LogP contribution is 1.93. The van der Waals surface area contributed by atoms with Crippen molar-refractivity contribution in [3.05, 3.63) is 0 Å². The SMILES string of the molecule is CCCOCC(=O)CCN(CC)CC. The molecule has 0 aromatic heterocycles. The quantitative estimate of drug-likeness (QED) is 0.532. The highest BCUT2D eigenvalue weighted by molar-refractivity contribution is 5.79.